The van der Waals surface area contributed by atoms with Crippen molar-refractivity contribution in [3.8, 4) is 0 Å². The number of rotatable bonds is 8. The number of aliphatic imine (C=N–C) groups is 1. The number of benzene rings is 1. The van der Waals surface area contributed by atoms with Crippen molar-refractivity contribution >= 4 is 23.2 Å². The Hall–Kier alpha value is -3.06. The number of hydrogen-bond acceptors (Lipinski definition) is 4. The molecular formula is C20H22N4O2S. The van der Waals surface area contributed by atoms with E-state index in [-0.39, 0.29) is 5.91 Å². The molecule has 7 heteroatoms. The van der Waals surface area contributed by atoms with Gasteiger partial charge < -0.3 is 20.8 Å². The average molecular weight is 382 g/mol. The number of furan rings is 1. The molecule has 4 N–H and O–H groups in total. The van der Waals surface area contributed by atoms with Gasteiger partial charge in [-0.05, 0) is 47.7 Å². The van der Waals surface area contributed by atoms with Crippen LogP contribution in [-0.2, 0) is 19.5 Å². The first kappa shape index (κ1) is 18.7. The van der Waals surface area contributed by atoms with Crippen molar-refractivity contribution in [1.82, 2.24) is 10.6 Å². The van der Waals surface area contributed by atoms with Crippen LogP contribution >= 0.6 is 11.3 Å². The number of guanidine groups is 1. The van der Waals surface area contributed by atoms with E-state index in [9.17, 15) is 4.79 Å². The van der Waals surface area contributed by atoms with Crippen LogP contribution in [0.1, 0.15) is 26.6 Å². The number of carbonyl (C=O) groups is 1. The van der Waals surface area contributed by atoms with E-state index in [1.807, 2.05) is 30.3 Å². The van der Waals surface area contributed by atoms with E-state index >= 15 is 0 Å². The fourth-order valence-corrected chi connectivity index (χ4v) is 3.20. The zero-order chi connectivity index (χ0) is 18.9. The number of nitrogens with zero attached hydrogens (tertiary/aromatic N) is 1. The van der Waals surface area contributed by atoms with Gasteiger partial charge in [0.25, 0.3) is 5.91 Å². The number of hydrogen-bond donors (Lipinski definition) is 3. The Balaban J connectivity index is 1.48. The third-order valence-electron chi connectivity index (χ3n) is 3.88. The van der Waals surface area contributed by atoms with Gasteiger partial charge in [-0.1, -0.05) is 18.2 Å². The fraction of sp³-hybridized carbons (Fsp3) is 0.200. The number of nitrogens with one attached hydrogen (secondary N) is 2. The Morgan fingerprint density at radius 1 is 1.15 bits per heavy atom. The first-order chi connectivity index (χ1) is 13.2. The molecule has 140 valence electrons. The summed E-state index contributed by atoms with van der Waals surface area (Å²) < 4.78 is 5.21. The van der Waals surface area contributed by atoms with E-state index in [2.05, 4.69) is 27.1 Å². The van der Waals surface area contributed by atoms with Crippen LogP contribution in [0.3, 0.4) is 0 Å². The van der Waals surface area contributed by atoms with Crippen LogP contribution in [0.15, 0.2) is 69.6 Å². The maximum absolute atomic E-state index is 12.3. The fourth-order valence-electron chi connectivity index (χ4n) is 2.49. The van der Waals surface area contributed by atoms with Gasteiger partial charge in [0.15, 0.2) is 5.96 Å². The second-order valence-electron chi connectivity index (χ2n) is 5.92. The predicted octanol–water partition coefficient (Wildman–Crippen LogP) is 2.92. The van der Waals surface area contributed by atoms with Crippen LogP contribution in [-0.4, -0.2) is 18.4 Å². The van der Waals surface area contributed by atoms with Gasteiger partial charge in [0.05, 0.1) is 19.4 Å². The molecular weight excluding hydrogens is 360 g/mol. The Morgan fingerprint density at radius 3 is 2.85 bits per heavy atom. The summed E-state index contributed by atoms with van der Waals surface area (Å²) in [6, 6.07) is 15.1. The zero-order valence-electron chi connectivity index (χ0n) is 14.9. The summed E-state index contributed by atoms with van der Waals surface area (Å²) in [5.74, 6) is 0.962. The van der Waals surface area contributed by atoms with Crippen molar-refractivity contribution in [2.45, 2.75) is 19.5 Å². The lowest BCUT2D eigenvalue weighted by Gasteiger charge is -2.07. The largest absolute Gasteiger partial charge is 0.467 e. The molecule has 0 bridgehead atoms. The van der Waals surface area contributed by atoms with Gasteiger partial charge in [-0.2, -0.15) is 0 Å². The summed E-state index contributed by atoms with van der Waals surface area (Å²) in [5, 5.41) is 8.00. The molecule has 27 heavy (non-hydrogen) atoms. The lowest BCUT2D eigenvalue weighted by molar-refractivity contribution is 0.0948. The quantitative estimate of drug-likeness (QED) is 0.412. The van der Waals surface area contributed by atoms with Crippen LogP contribution in [0.25, 0.3) is 0 Å². The van der Waals surface area contributed by atoms with Crippen molar-refractivity contribution in [3.63, 3.8) is 0 Å². The first-order valence-corrected chi connectivity index (χ1v) is 9.54. The van der Waals surface area contributed by atoms with E-state index in [1.54, 1.807) is 29.7 Å². The topological polar surface area (TPSA) is 92.6 Å². The van der Waals surface area contributed by atoms with Gasteiger partial charge >= 0.3 is 0 Å². The molecule has 0 atom stereocenters. The minimum absolute atomic E-state index is 0.153. The average Bonchev–Trinajstić information content (AvgIpc) is 3.39. The highest BCUT2D eigenvalue weighted by Gasteiger charge is 2.07. The Labute approximate surface area is 162 Å². The zero-order valence-corrected chi connectivity index (χ0v) is 15.7. The predicted molar refractivity (Wildman–Crippen MR) is 108 cm³/mol. The third-order valence-corrected chi connectivity index (χ3v) is 4.82. The minimum atomic E-state index is -0.153. The van der Waals surface area contributed by atoms with Gasteiger partial charge in [0, 0.05) is 17.0 Å². The maximum Gasteiger partial charge on any atom is 0.251 e. The van der Waals surface area contributed by atoms with E-state index in [4.69, 9.17) is 10.2 Å². The van der Waals surface area contributed by atoms with Gasteiger partial charge in [-0.3, -0.25) is 4.79 Å². The summed E-state index contributed by atoms with van der Waals surface area (Å²) in [6.07, 6.45) is 2.50. The van der Waals surface area contributed by atoms with Crippen LogP contribution in [0.4, 0.5) is 0 Å². The van der Waals surface area contributed by atoms with E-state index in [0.29, 0.717) is 30.4 Å². The second kappa shape index (κ2) is 9.59. The molecule has 6 nitrogen and oxygen atoms in total. The summed E-state index contributed by atoms with van der Waals surface area (Å²) >= 11 is 1.73. The molecule has 0 spiro atoms. The summed E-state index contributed by atoms with van der Waals surface area (Å²) in [5.41, 5.74) is 7.42. The van der Waals surface area contributed by atoms with Crippen molar-refractivity contribution in [1.29, 1.82) is 0 Å². The Kier molecular flexibility index (Phi) is 6.65. The molecule has 0 saturated carbocycles. The van der Waals surface area contributed by atoms with Gasteiger partial charge in [-0.25, -0.2) is 4.99 Å². The normalized spacial score (nSPS) is 11.3. The van der Waals surface area contributed by atoms with Crippen molar-refractivity contribution in [2.75, 3.05) is 6.54 Å². The number of nitrogens with two attached hydrogens (primary N) is 1. The van der Waals surface area contributed by atoms with Gasteiger partial charge in [0.2, 0.25) is 0 Å². The standard InChI is InChI=1S/C20H22N4O2S/c21-20(22-9-8-18-7-3-11-27-18)24-13-15-4-1-5-16(12-15)19(25)23-14-17-6-2-10-26-17/h1-7,10-12H,8-9,13-14H2,(H,23,25)(H3,21,22,24). The summed E-state index contributed by atoms with van der Waals surface area (Å²) in [7, 11) is 0. The molecule has 3 aromatic rings. The highest BCUT2D eigenvalue weighted by Crippen LogP contribution is 2.09. The van der Waals surface area contributed by atoms with Crippen molar-refractivity contribution in [2.24, 2.45) is 10.7 Å². The molecule has 0 radical (unpaired) electrons. The smallest absolute Gasteiger partial charge is 0.251 e. The third kappa shape index (κ3) is 6.00. The lowest BCUT2D eigenvalue weighted by atomic mass is 10.1. The van der Waals surface area contributed by atoms with E-state index in [0.717, 1.165) is 18.5 Å². The number of thiophene rings is 1. The molecule has 0 aliphatic heterocycles. The molecule has 0 unspecified atom stereocenters. The molecule has 0 aliphatic rings. The first-order valence-electron chi connectivity index (χ1n) is 8.66. The molecule has 3 rings (SSSR count). The molecule has 1 amide bonds. The van der Waals surface area contributed by atoms with Crippen LogP contribution < -0.4 is 16.4 Å². The highest BCUT2D eigenvalue weighted by atomic mass is 32.1. The van der Waals surface area contributed by atoms with E-state index in [1.165, 1.54) is 4.88 Å². The molecule has 1 aromatic carbocycles. The van der Waals surface area contributed by atoms with Crippen LogP contribution in [0, 0.1) is 0 Å². The second-order valence-corrected chi connectivity index (χ2v) is 6.95. The van der Waals surface area contributed by atoms with Crippen molar-refractivity contribution in [3.05, 3.63) is 81.9 Å². The molecule has 2 heterocycles. The summed E-state index contributed by atoms with van der Waals surface area (Å²) in [6.45, 7) is 1.51. The number of amides is 1. The molecule has 0 fully saturated rings. The minimum Gasteiger partial charge on any atom is -0.467 e. The van der Waals surface area contributed by atoms with Gasteiger partial charge in [-0.15, -0.1) is 11.3 Å². The monoisotopic (exact) mass is 382 g/mol. The molecule has 0 aliphatic carbocycles. The van der Waals surface area contributed by atoms with E-state index < -0.39 is 0 Å². The van der Waals surface area contributed by atoms with Crippen LogP contribution in [0.2, 0.25) is 0 Å². The molecule has 0 saturated heterocycles. The Bertz CT molecular complexity index is 873. The van der Waals surface area contributed by atoms with Gasteiger partial charge in [0.1, 0.15) is 5.76 Å². The summed E-state index contributed by atoms with van der Waals surface area (Å²) in [4.78, 5) is 17.9. The highest BCUT2D eigenvalue weighted by molar-refractivity contribution is 7.09. The van der Waals surface area contributed by atoms with Crippen LogP contribution in [0.5, 0.6) is 0 Å². The maximum atomic E-state index is 12.3. The van der Waals surface area contributed by atoms with Crippen molar-refractivity contribution < 1.29 is 9.21 Å². The lowest BCUT2D eigenvalue weighted by Crippen LogP contribution is -2.33. The number of carbonyl (C=O) groups excluding carboxylic acids is 1. The SMILES string of the molecule is NC(=NCc1cccc(C(=O)NCc2ccco2)c1)NCCc1cccs1. The molecule has 2 aromatic heterocycles. The Morgan fingerprint density at radius 2 is 2.07 bits per heavy atom.